The van der Waals surface area contributed by atoms with Gasteiger partial charge in [0.05, 0.1) is 28.2 Å². The minimum atomic E-state index is -4.78. The first-order valence-corrected chi connectivity index (χ1v) is 25.1. The molecule has 8 heteroatoms. The second-order valence-corrected chi connectivity index (χ2v) is 19.3. The zero-order valence-corrected chi connectivity index (χ0v) is 40.5. The smallest absolute Gasteiger partial charge is 0.508 e. The fourth-order valence-electron chi connectivity index (χ4n) is 11.8. The third-order valence-electron chi connectivity index (χ3n) is 15.1. The van der Waals surface area contributed by atoms with Crippen LogP contribution in [0.3, 0.4) is 0 Å². The third-order valence-corrected chi connectivity index (χ3v) is 15.1. The first-order chi connectivity index (χ1) is 37.2. The van der Waals surface area contributed by atoms with Gasteiger partial charge in [0, 0.05) is 27.7 Å². The molecule has 0 saturated heterocycles. The van der Waals surface area contributed by atoms with Crippen molar-refractivity contribution < 1.29 is 27.4 Å². The molecule has 12 aromatic rings. The molecule has 2 aliphatic heterocycles. The summed E-state index contributed by atoms with van der Waals surface area (Å²) in [5, 5.41) is 12.2. The van der Waals surface area contributed by atoms with Crippen LogP contribution < -0.4 is 14.5 Å². The Hall–Kier alpha value is -9.79. The summed E-state index contributed by atoms with van der Waals surface area (Å²) in [5.74, 6) is -0.0467. The fraction of sp³-hybridized carbons (Fsp3) is 0.0294. The van der Waals surface area contributed by atoms with Gasteiger partial charge >= 0.3 is 6.36 Å². The molecule has 0 fully saturated rings. The summed E-state index contributed by atoms with van der Waals surface area (Å²) in [6, 6.07) is 86.4. The van der Waals surface area contributed by atoms with E-state index in [4.69, 9.17) is 4.42 Å². The highest BCUT2D eigenvalue weighted by Crippen LogP contribution is 2.65. The van der Waals surface area contributed by atoms with Crippen molar-refractivity contribution in [3.05, 3.63) is 277 Å². The predicted octanol–water partition coefficient (Wildman–Crippen LogP) is 18.8. The highest BCUT2D eigenvalue weighted by molar-refractivity contribution is 6.10. The summed E-state index contributed by atoms with van der Waals surface area (Å²) < 4.78 is 50.2. The Labute approximate surface area is 436 Å². The van der Waals surface area contributed by atoms with Gasteiger partial charge in [-0.25, -0.2) is 0 Å². The van der Waals surface area contributed by atoms with Gasteiger partial charge in [0.15, 0.2) is 0 Å². The number of nitrogens with zero attached hydrogens (tertiary/aromatic N) is 2. The molecule has 0 aliphatic carbocycles. The van der Waals surface area contributed by atoms with E-state index in [1.54, 1.807) is 24.3 Å². The highest BCUT2D eigenvalue weighted by atomic mass is 19.4. The molecular formula is C68H43F3N2O3. The van der Waals surface area contributed by atoms with Gasteiger partial charge in [-0.1, -0.05) is 164 Å². The van der Waals surface area contributed by atoms with Gasteiger partial charge in [-0.2, -0.15) is 0 Å². The number of benzene rings is 11. The van der Waals surface area contributed by atoms with Crippen LogP contribution in [0.25, 0.3) is 66.4 Å². The summed E-state index contributed by atoms with van der Waals surface area (Å²) in [6.07, 6.45) is -4.78. The number of hydrogen-bond donors (Lipinski definition) is 1. The topological polar surface area (TPSA) is 49.1 Å². The summed E-state index contributed by atoms with van der Waals surface area (Å²) in [6.45, 7) is 0. The molecule has 11 aromatic carbocycles. The zero-order valence-electron chi connectivity index (χ0n) is 40.5. The van der Waals surface area contributed by atoms with Crippen LogP contribution in [-0.4, -0.2) is 11.5 Å². The van der Waals surface area contributed by atoms with E-state index in [-0.39, 0.29) is 11.5 Å². The third kappa shape index (κ3) is 7.24. The molecule has 3 heterocycles. The number of furan rings is 1. The van der Waals surface area contributed by atoms with E-state index in [2.05, 4.69) is 184 Å². The van der Waals surface area contributed by atoms with Crippen molar-refractivity contribution in [2.45, 2.75) is 11.8 Å². The molecule has 76 heavy (non-hydrogen) atoms. The average Bonchev–Trinajstić information content (AvgIpc) is 4.00. The number of fused-ring (bicyclic) bond motifs is 11. The standard InChI is InChI=1S/C68H43F3N2O3/c69-68(70,71)76-53-37-27-47(28-38-53)45-23-33-51(34-24-45)73-62-19-8-6-17-58(62)67(60-42-49(30-40-64(60)73)54-14-10-15-56-55-13-4-9-20-65(55)75-66(54)56)57-16-5-7-18-61(57)72(50-31-21-44(22-32-50)46-25-35-52(74)36-26-46)63-39-29-48(41-59(63)67)43-11-2-1-3-12-43/h1-42,74H. The lowest BCUT2D eigenvalue weighted by molar-refractivity contribution is -0.274. The van der Waals surface area contributed by atoms with Crippen LogP contribution in [0.4, 0.5) is 47.3 Å². The Morgan fingerprint density at radius 1 is 0.382 bits per heavy atom. The van der Waals surface area contributed by atoms with E-state index in [1.807, 2.05) is 48.5 Å². The number of phenols is 1. The van der Waals surface area contributed by atoms with Crippen LogP contribution in [0.1, 0.15) is 22.3 Å². The van der Waals surface area contributed by atoms with E-state index in [0.717, 1.165) is 123 Å². The molecule has 1 aromatic heterocycles. The summed E-state index contributed by atoms with van der Waals surface area (Å²) in [4.78, 5) is 4.72. The first-order valence-electron chi connectivity index (χ1n) is 25.1. The maximum Gasteiger partial charge on any atom is 0.573 e. The number of alkyl halides is 3. The van der Waals surface area contributed by atoms with Crippen molar-refractivity contribution in [3.8, 4) is 56.0 Å². The quantitative estimate of drug-likeness (QED) is 0.172. The molecule has 0 radical (unpaired) electrons. The van der Waals surface area contributed by atoms with E-state index in [9.17, 15) is 18.3 Å². The van der Waals surface area contributed by atoms with E-state index in [1.165, 1.54) is 12.1 Å². The first kappa shape index (κ1) is 44.9. The molecule has 2 aliphatic rings. The number of anilines is 6. The largest absolute Gasteiger partial charge is 0.573 e. The van der Waals surface area contributed by atoms with Crippen molar-refractivity contribution in [2.24, 2.45) is 0 Å². The van der Waals surface area contributed by atoms with Crippen molar-refractivity contribution in [3.63, 3.8) is 0 Å². The lowest BCUT2D eigenvalue weighted by atomic mass is 9.59. The number of hydrogen-bond acceptors (Lipinski definition) is 5. The Morgan fingerprint density at radius 3 is 1.42 bits per heavy atom. The molecule has 0 bridgehead atoms. The molecule has 1 N–H and O–H groups in total. The normalized spacial score (nSPS) is 14.6. The van der Waals surface area contributed by atoms with Gasteiger partial charge in [-0.15, -0.1) is 13.2 Å². The van der Waals surface area contributed by atoms with Crippen LogP contribution in [0, 0.1) is 0 Å². The average molecular weight is 993 g/mol. The van der Waals surface area contributed by atoms with Crippen molar-refractivity contribution in [1.29, 1.82) is 0 Å². The maximum atomic E-state index is 13.1. The monoisotopic (exact) mass is 992 g/mol. The SMILES string of the molecule is Oc1ccc(-c2ccc(N3c4ccccc4C4(c5ccccc5N(c5ccc(-c6ccc(OC(F)(F)F)cc6)cc5)c5ccc(-c6cccc7c6oc6ccccc67)cc54)c4cc(-c5ccccc5)ccc43)cc2)cc1. The van der Waals surface area contributed by atoms with E-state index < -0.39 is 11.8 Å². The molecule has 1 atom stereocenters. The Kier molecular flexibility index (Phi) is 10.3. The van der Waals surface area contributed by atoms with Gasteiger partial charge in [0.2, 0.25) is 0 Å². The highest BCUT2D eigenvalue weighted by Gasteiger charge is 2.52. The number of para-hydroxylation sites is 4. The summed E-state index contributed by atoms with van der Waals surface area (Å²) in [5.41, 5.74) is 18.9. The Bertz CT molecular complexity index is 4190. The van der Waals surface area contributed by atoms with Crippen molar-refractivity contribution >= 4 is 56.1 Å². The second kappa shape index (κ2) is 17.4. The van der Waals surface area contributed by atoms with Crippen LogP contribution in [-0.2, 0) is 5.41 Å². The molecule has 5 nitrogen and oxygen atoms in total. The molecule has 0 saturated carbocycles. The lowest BCUT2D eigenvalue weighted by Crippen LogP contribution is -2.42. The fourth-order valence-corrected chi connectivity index (χ4v) is 11.8. The van der Waals surface area contributed by atoms with Gasteiger partial charge in [-0.05, 0) is 152 Å². The molecule has 0 amide bonds. The van der Waals surface area contributed by atoms with Gasteiger partial charge in [0.1, 0.15) is 22.7 Å². The van der Waals surface area contributed by atoms with Gasteiger partial charge < -0.3 is 24.1 Å². The predicted molar refractivity (Wildman–Crippen MR) is 299 cm³/mol. The van der Waals surface area contributed by atoms with Gasteiger partial charge in [-0.3, -0.25) is 0 Å². The van der Waals surface area contributed by atoms with Crippen molar-refractivity contribution in [1.82, 2.24) is 0 Å². The molecule has 14 rings (SSSR count). The summed E-state index contributed by atoms with van der Waals surface area (Å²) >= 11 is 0. The van der Waals surface area contributed by atoms with E-state index >= 15 is 0 Å². The van der Waals surface area contributed by atoms with Gasteiger partial charge in [0.25, 0.3) is 0 Å². The maximum absolute atomic E-state index is 13.1. The number of aromatic hydroxyl groups is 1. The lowest BCUT2D eigenvalue weighted by Gasteiger charge is -2.51. The number of phenolic OH excluding ortho intramolecular Hbond substituents is 1. The number of ether oxygens (including phenoxy) is 1. The van der Waals surface area contributed by atoms with Crippen molar-refractivity contribution in [2.75, 3.05) is 9.80 Å². The molecule has 1 spiro atoms. The zero-order chi connectivity index (χ0) is 51.1. The summed E-state index contributed by atoms with van der Waals surface area (Å²) in [7, 11) is 0. The second-order valence-electron chi connectivity index (χ2n) is 19.3. The Balaban J connectivity index is 1.02. The van der Waals surface area contributed by atoms with Crippen LogP contribution in [0.15, 0.2) is 259 Å². The minimum Gasteiger partial charge on any atom is -0.508 e. The number of halogens is 3. The molecule has 1 unspecified atom stereocenters. The number of rotatable bonds is 7. The van der Waals surface area contributed by atoms with Crippen LogP contribution in [0.5, 0.6) is 11.5 Å². The van der Waals surface area contributed by atoms with Crippen LogP contribution in [0.2, 0.25) is 0 Å². The molecule has 364 valence electrons. The van der Waals surface area contributed by atoms with E-state index in [0.29, 0.717) is 0 Å². The Morgan fingerprint density at radius 2 is 0.829 bits per heavy atom. The minimum absolute atomic E-state index is 0.224. The van der Waals surface area contributed by atoms with Crippen LogP contribution >= 0.6 is 0 Å². The molecular weight excluding hydrogens is 950 g/mol.